The van der Waals surface area contributed by atoms with Crippen LogP contribution in [0.25, 0.3) is 17.1 Å². The first-order chi connectivity index (χ1) is 12.8. The largest absolute Gasteiger partial charge is 0.303 e. The number of rotatable bonds is 6. The summed E-state index contributed by atoms with van der Waals surface area (Å²) in [6.45, 7) is 3.45. The molecule has 0 N–H and O–H groups in total. The molecule has 0 aliphatic carbocycles. The number of aromatic nitrogens is 3. The van der Waals surface area contributed by atoms with Gasteiger partial charge in [-0.25, -0.2) is 4.39 Å². The van der Waals surface area contributed by atoms with Crippen LogP contribution in [0.3, 0.4) is 0 Å². The minimum absolute atomic E-state index is 0.244. The molecular weight excluding hydrogens is 347 g/mol. The van der Waals surface area contributed by atoms with Crippen LogP contribution in [0.5, 0.6) is 0 Å². The van der Waals surface area contributed by atoms with Gasteiger partial charge < -0.3 is 4.90 Å². The molecule has 3 aromatic rings. The molecule has 0 bridgehead atoms. The van der Waals surface area contributed by atoms with Gasteiger partial charge in [0.05, 0.1) is 0 Å². The van der Waals surface area contributed by atoms with Crippen molar-refractivity contribution in [2.75, 3.05) is 25.4 Å². The summed E-state index contributed by atoms with van der Waals surface area (Å²) in [5, 5.41) is 9.68. The van der Waals surface area contributed by atoms with Gasteiger partial charge in [-0.3, -0.25) is 4.57 Å². The number of nitrogens with zero attached hydrogens (tertiary/aromatic N) is 4. The Morgan fingerprint density at radius 1 is 0.923 bits per heavy atom. The summed E-state index contributed by atoms with van der Waals surface area (Å²) in [5.74, 6) is 1.50. The Morgan fingerprint density at radius 3 is 2.38 bits per heavy atom. The summed E-state index contributed by atoms with van der Waals surface area (Å²) < 4.78 is 15.4. The molecule has 1 saturated heterocycles. The standard InChI is InChI=1S/C20H21FN4S/c21-17-8-10-18(11-9-17)25-19(16-6-2-1-3-7-16)22-23-20(25)26-15-14-24-12-4-5-13-24/h1-3,6-11H,4-5,12-15H2. The van der Waals surface area contributed by atoms with Crippen molar-refractivity contribution in [1.82, 2.24) is 19.7 Å². The minimum atomic E-state index is -0.244. The molecule has 1 aromatic heterocycles. The van der Waals surface area contributed by atoms with Gasteiger partial charge in [0.15, 0.2) is 11.0 Å². The van der Waals surface area contributed by atoms with E-state index in [1.165, 1.54) is 38.1 Å². The van der Waals surface area contributed by atoms with Gasteiger partial charge in [0.25, 0.3) is 0 Å². The summed E-state index contributed by atoms with van der Waals surface area (Å²) in [7, 11) is 0. The molecule has 134 valence electrons. The van der Waals surface area contributed by atoms with Crippen molar-refractivity contribution in [2.45, 2.75) is 18.0 Å². The van der Waals surface area contributed by atoms with Crippen LogP contribution in [0.1, 0.15) is 12.8 Å². The predicted octanol–water partition coefficient (Wildman–Crippen LogP) is 4.26. The molecule has 1 aliphatic rings. The molecule has 1 fully saturated rings. The average Bonchev–Trinajstić information content (AvgIpc) is 3.33. The van der Waals surface area contributed by atoms with Crippen LogP contribution in [0.15, 0.2) is 59.8 Å². The Balaban J connectivity index is 1.62. The molecule has 0 spiro atoms. The second-order valence-corrected chi connectivity index (χ2v) is 7.44. The molecule has 26 heavy (non-hydrogen) atoms. The van der Waals surface area contributed by atoms with Crippen LogP contribution in [-0.2, 0) is 0 Å². The second-order valence-electron chi connectivity index (χ2n) is 6.38. The highest BCUT2D eigenvalue weighted by atomic mass is 32.2. The van der Waals surface area contributed by atoms with Gasteiger partial charge in [-0.2, -0.15) is 0 Å². The highest BCUT2D eigenvalue weighted by Crippen LogP contribution is 2.28. The summed E-state index contributed by atoms with van der Waals surface area (Å²) in [5.41, 5.74) is 1.87. The highest BCUT2D eigenvalue weighted by Gasteiger charge is 2.17. The molecule has 0 radical (unpaired) electrons. The van der Waals surface area contributed by atoms with Crippen molar-refractivity contribution in [3.63, 3.8) is 0 Å². The van der Waals surface area contributed by atoms with Crippen LogP contribution in [0.2, 0.25) is 0 Å². The van der Waals surface area contributed by atoms with Gasteiger partial charge >= 0.3 is 0 Å². The van der Waals surface area contributed by atoms with E-state index >= 15 is 0 Å². The first-order valence-corrected chi connectivity index (χ1v) is 9.92. The molecule has 4 rings (SSSR count). The molecule has 2 aromatic carbocycles. The zero-order chi connectivity index (χ0) is 17.8. The Bertz CT molecular complexity index is 842. The van der Waals surface area contributed by atoms with Crippen LogP contribution >= 0.6 is 11.8 Å². The predicted molar refractivity (Wildman–Crippen MR) is 103 cm³/mol. The lowest BCUT2D eigenvalue weighted by Gasteiger charge is -2.14. The van der Waals surface area contributed by atoms with Gasteiger partial charge in [0, 0.05) is 23.5 Å². The van der Waals surface area contributed by atoms with Gasteiger partial charge in [-0.15, -0.1) is 10.2 Å². The van der Waals surface area contributed by atoms with Crippen molar-refractivity contribution in [2.24, 2.45) is 0 Å². The number of hydrogen-bond acceptors (Lipinski definition) is 4. The van der Waals surface area contributed by atoms with Gasteiger partial charge in [-0.05, 0) is 50.2 Å². The smallest absolute Gasteiger partial charge is 0.196 e. The van der Waals surface area contributed by atoms with E-state index < -0.39 is 0 Å². The first kappa shape index (κ1) is 17.2. The topological polar surface area (TPSA) is 34.0 Å². The summed E-state index contributed by atoms with van der Waals surface area (Å²) in [6.07, 6.45) is 2.60. The van der Waals surface area contributed by atoms with Crippen molar-refractivity contribution >= 4 is 11.8 Å². The van der Waals surface area contributed by atoms with E-state index in [2.05, 4.69) is 15.1 Å². The molecule has 4 nitrogen and oxygen atoms in total. The number of thioether (sulfide) groups is 1. The van der Waals surface area contributed by atoms with Crippen molar-refractivity contribution < 1.29 is 4.39 Å². The molecule has 1 aliphatic heterocycles. The van der Waals surface area contributed by atoms with E-state index in [-0.39, 0.29) is 5.82 Å². The minimum Gasteiger partial charge on any atom is -0.303 e. The monoisotopic (exact) mass is 368 g/mol. The van der Waals surface area contributed by atoms with Gasteiger partial charge in [-0.1, -0.05) is 42.1 Å². The zero-order valence-corrected chi connectivity index (χ0v) is 15.3. The Hall–Kier alpha value is -2.18. The van der Waals surface area contributed by atoms with Crippen molar-refractivity contribution in [3.05, 3.63) is 60.4 Å². The zero-order valence-electron chi connectivity index (χ0n) is 14.5. The highest BCUT2D eigenvalue weighted by molar-refractivity contribution is 7.99. The number of likely N-dealkylation sites (tertiary alicyclic amines) is 1. The third-order valence-electron chi connectivity index (χ3n) is 4.59. The number of halogens is 1. The van der Waals surface area contributed by atoms with E-state index in [4.69, 9.17) is 0 Å². The van der Waals surface area contributed by atoms with E-state index in [0.29, 0.717) is 0 Å². The molecule has 0 unspecified atom stereocenters. The summed E-state index contributed by atoms with van der Waals surface area (Å²) in [4.78, 5) is 2.49. The molecule has 2 heterocycles. The van der Waals surface area contributed by atoms with E-state index in [0.717, 1.165) is 34.5 Å². The molecule has 0 saturated carbocycles. The Kier molecular flexibility index (Phi) is 5.32. The fourth-order valence-electron chi connectivity index (χ4n) is 3.23. The maximum atomic E-state index is 13.4. The second kappa shape index (κ2) is 8.01. The number of hydrogen-bond donors (Lipinski definition) is 0. The fourth-order valence-corrected chi connectivity index (χ4v) is 4.18. The van der Waals surface area contributed by atoms with Crippen LogP contribution in [0.4, 0.5) is 4.39 Å². The van der Waals surface area contributed by atoms with Crippen molar-refractivity contribution in [3.8, 4) is 17.1 Å². The quantitative estimate of drug-likeness (QED) is 0.609. The van der Waals surface area contributed by atoms with E-state index in [1.54, 1.807) is 23.9 Å². The van der Waals surface area contributed by atoms with Crippen LogP contribution in [-0.4, -0.2) is 45.1 Å². The van der Waals surface area contributed by atoms with E-state index in [9.17, 15) is 4.39 Å². The van der Waals surface area contributed by atoms with E-state index in [1.807, 2.05) is 34.9 Å². The van der Waals surface area contributed by atoms with Gasteiger partial charge in [0.2, 0.25) is 0 Å². The molecular formula is C20H21FN4S. The SMILES string of the molecule is Fc1ccc(-n2c(SCCN3CCCC3)nnc2-c2ccccc2)cc1. The fraction of sp³-hybridized carbons (Fsp3) is 0.300. The Morgan fingerprint density at radius 2 is 1.65 bits per heavy atom. The lowest BCUT2D eigenvalue weighted by molar-refractivity contribution is 0.362. The van der Waals surface area contributed by atoms with Crippen molar-refractivity contribution in [1.29, 1.82) is 0 Å². The summed E-state index contributed by atoms with van der Waals surface area (Å²) >= 11 is 1.70. The molecule has 6 heteroatoms. The lowest BCUT2D eigenvalue weighted by Crippen LogP contribution is -2.22. The molecule has 0 amide bonds. The number of benzene rings is 2. The lowest BCUT2D eigenvalue weighted by atomic mass is 10.2. The first-order valence-electron chi connectivity index (χ1n) is 8.93. The Labute approximate surface area is 157 Å². The van der Waals surface area contributed by atoms with Crippen LogP contribution in [0, 0.1) is 5.82 Å². The average molecular weight is 368 g/mol. The van der Waals surface area contributed by atoms with Crippen LogP contribution < -0.4 is 0 Å². The maximum absolute atomic E-state index is 13.4. The summed E-state index contributed by atoms with van der Waals surface area (Å²) in [6, 6.07) is 16.5. The normalized spacial score (nSPS) is 14.8. The van der Waals surface area contributed by atoms with Gasteiger partial charge in [0.1, 0.15) is 5.82 Å². The maximum Gasteiger partial charge on any atom is 0.196 e. The third kappa shape index (κ3) is 3.81. The molecule has 0 atom stereocenters. The third-order valence-corrected chi connectivity index (χ3v) is 5.50.